The smallest absolute Gasteiger partial charge is 0.392 e. The van der Waals surface area contributed by atoms with Crippen LogP contribution in [-0.4, -0.2) is 66.0 Å². The van der Waals surface area contributed by atoms with E-state index in [0.29, 0.717) is 38.6 Å². The fraction of sp³-hybridized carbons (Fsp3) is 1.00. The van der Waals surface area contributed by atoms with Gasteiger partial charge in [0.25, 0.3) is 0 Å². The van der Waals surface area contributed by atoms with E-state index in [0.717, 1.165) is 6.42 Å². The average molecular weight is 308 g/mol. The lowest BCUT2D eigenvalue weighted by Crippen LogP contribution is -2.54. The van der Waals surface area contributed by atoms with E-state index in [2.05, 4.69) is 4.90 Å². The van der Waals surface area contributed by atoms with E-state index in [1.807, 2.05) is 0 Å². The van der Waals surface area contributed by atoms with E-state index in [1.165, 1.54) is 37.5 Å². The molecule has 0 radical (unpaired) electrons. The fourth-order valence-electron chi connectivity index (χ4n) is 3.54. The largest absolute Gasteiger partial charge is 0.403 e. The number of piperazine rings is 1. The minimum Gasteiger partial charge on any atom is -0.392 e. The van der Waals surface area contributed by atoms with Gasteiger partial charge in [0.05, 0.1) is 6.10 Å². The molecule has 2 aliphatic rings. The summed E-state index contributed by atoms with van der Waals surface area (Å²) in [5.41, 5.74) is 0. The zero-order valence-corrected chi connectivity index (χ0v) is 12.8. The number of rotatable bonds is 5. The van der Waals surface area contributed by atoms with Crippen LogP contribution >= 0.6 is 0 Å². The Morgan fingerprint density at radius 1 is 1.10 bits per heavy atom. The minimum atomic E-state index is -4.15. The van der Waals surface area contributed by atoms with Gasteiger partial charge in [-0.3, -0.25) is 9.80 Å². The van der Waals surface area contributed by atoms with E-state index < -0.39 is 12.2 Å². The monoisotopic (exact) mass is 308 g/mol. The predicted molar refractivity (Wildman–Crippen MR) is 76.1 cm³/mol. The molecule has 0 aromatic rings. The Morgan fingerprint density at radius 2 is 1.67 bits per heavy atom. The first-order valence-corrected chi connectivity index (χ1v) is 8.07. The molecule has 0 unspecified atom stereocenters. The SMILES string of the molecule is C[C@@H](N1CCN(C[C@H](O)CC2CCCC2)CC1)C(F)(F)F. The molecule has 1 saturated carbocycles. The van der Waals surface area contributed by atoms with Crippen molar-refractivity contribution in [2.24, 2.45) is 5.92 Å². The summed E-state index contributed by atoms with van der Waals surface area (Å²) in [7, 11) is 0. The average Bonchev–Trinajstić information content (AvgIpc) is 2.90. The third-order valence-electron chi connectivity index (χ3n) is 4.98. The van der Waals surface area contributed by atoms with Crippen LogP contribution in [0.3, 0.4) is 0 Å². The highest BCUT2D eigenvalue weighted by Crippen LogP contribution is 2.29. The number of alkyl halides is 3. The maximum absolute atomic E-state index is 12.7. The van der Waals surface area contributed by atoms with Crippen LogP contribution < -0.4 is 0 Å². The second kappa shape index (κ2) is 7.29. The van der Waals surface area contributed by atoms with Crippen LogP contribution in [0.5, 0.6) is 0 Å². The molecule has 124 valence electrons. The second-order valence-corrected chi connectivity index (χ2v) is 6.59. The van der Waals surface area contributed by atoms with E-state index in [1.54, 1.807) is 0 Å². The summed E-state index contributed by atoms with van der Waals surface area (Å²) in [5, 5.41) is 10.1. The molecule has 0 aromatic carbocycles. The van der Waals surface area contributed by atoms with Gasteiger partial charge in [0, 0.05) is 32.7 Å². The standard InChI is InChI=1S/C15H27F3N2O/c1-12(15(16,17)18)20-8-6-19(7-9-20)11-14(21)10-13-4-2-3-5-13/h12-14,21H,2-11H2,1H3/t12-,14-/m1/s1. The number of hydrogen-bond donors (Lipinski definition) is 1. The lowest BCUT2D eigenvalue weighted by atomic mass is 9.99. The van der Waals surface area contributed by atoms with E-state index in [9.17, 15) is 18.3 Å². The molecular weight excluding hydrogens is 281 g/mol. The number of β-amino-alcohol motifs (C(OH)–C–C–N with tert-alkyl or cyclic N) is 1. The second-order valence-electron chi connectivity index (χ2n) is 6.59. The molecule has 21 heavy (non-hydrogen) atoms. The van der Waals surface area contributed by atoms with Crippen LogP contribution in [0.15, 0.2) is 0 Å². The Labute approximate surface area is 125 Å². The quantitative estimate of drug-likeness (QED) is 0.845. The van der Waals surface area contributed by atoms with Crippen molar-refractivity contribution in [2.75, 3.05) is 32.7 Å². The van der Waals surface area contributed by atoms with Crippen LogP contribution in [0.25, 0.3) is 0 Å². The van der Waals surface area contributed by atoms with Crippen LogP contribution in [0.2, 0.25) is 0 Å². The van der Waals surface area contributed by atoms with Crippen molar-refractivity contribution in [3.8, 4) is 0 Å². The molecule has 1 saturated heterocycles. The molecule has 2 rings (SSSR count). The maximum atomic E-state index is 12.7. The summed E-state index contributed by atoms with van der Waals surface area (Å²) in [5.74, 6) is 0.645. The minimum absolute atomic E-state index is 0.334. The molecule has 0 aromatic heterocycles. The van der Waals surface area contributed by atoms with E-state index in [-0.39, 0.29) is 6.10 Å². The van der Waals surface area contributed by atoms with Crippen molar-refractivity contribution in [1.29, 1.82) is 0 Å². The Hall–Kier alpha value is -0.330. The Balaban J connectivity index is 1.68. The highest BCUT2D eigenvalue weighted by Gasteiger charge is 2.40. The van der Waals surface area contributed by atoms with Gasteiger partial charge in [-0.25, -0.2) is 0 Å². The topological polar surface area (TPSA) is 26.7 Å². The normalized spacial score (nSPS) is 26.1. The van der Waals surface area contributed by atoms with Gasteiger partial charge in [-0.1, -0.05) is 25.7 Å². The summed E-state index contributed by atoms with van der Waals surface area (Å²) >= 11 is 0. The first-order chi connectivity index (χ1) is 9.86. The number of nitrogens with zero attached hydrogens (tertiary/aromatic N) is 2. The molecule has 1 heterocycles. The summed E-state index contributed by atoms with van der Waals surface area (Å²) in [6.45, 7) is 3.91. The Kier molecular flexibility index (Phi) is 5.91. The van der Waals surface area contributed by atoms with Gasteiger partial charge in [0.1, 0.15) is 6.04 Å². The first kappa shape index (κ1) is 17.0. The molecule has 1 aliphatic heterocycles. The molecule has 0 amide bonds. The third kappa shape index (κ3) is 5.11. The number of aliphatic hydroxyl groups excluding tert-OH is 1. The molecule has 0 bridgehead atoms. The molecular formula is C15H27F3N2O. The third-order valence-corrected chi connectivity index (χ3v) is 4.98. The fourth-order valence-corrected chi connectivity index (χ4v) is 3.54. The van der Waals surface area contributed by atoms with Gasteiger partial charge in [0.15, 0.2) is 0 Å². The highest BCUT2D eigenvalue weighted by molar-refractivity contribution is 4.82. The summed E-state index contributed by atoms with van der Waals surface area (Å²) in [6, 6.07) is -1.37. The van der Waals surface area contributed by atoms with Gasteiger partial charge in [-0.15, -0.1) is 0 Å². The number of aliphatic hydroxyl groups is 1. The summed E-state index contributed by atoms with van der Waals surface area (Å²) in [4.78, 5) is 3.58. The van der Waals surface area contributed by atoms with E-state index >= 15 is 0 Å². The van der Waals surface area contributed by atoms with E-state index in [4.69, 9.17) is 0 Å². The Bertz CT molecular complexity index is 311. The van der Waals surface area contributed by atoms with Crippen molar-refractivity contribution < 1.29 is 18.3 Å². The summed E-state index contributed by atoms with van der Waals surface area (Å²) in [6.07, 6.45) is 1.34. The lowest BCUT2D eigenvalue weighted by molar-refractivity contribution is -0.182. The van der Waals surface area contributed by atoms with Gasteiger partial charge < -0.3 is 5.11 Å². The molecule has 0 spiro atoms. The molecule has 6 heteroatoms. The zero-order chi connectivity index (χ0) is 15.5. The van der Waals surface area contributed by atoms with Crippen molar-refractivity contribution in [2.45, 2.75) is 57.3 Å². The number of halogens is 3. The van der Waals surface area contributed by atoms with Crippen LogP contribution in [-0.2, 0) is 0 Å². The Morgan fingerprint density at radius 3 is 2.19 bits per heavy atom. The predicted octanol–water partition coefficient (Wildman–Crippen LogP) is 2.50. The number of hydrogen-bond acceptors (Lipinski definition) is 3. The first-order valence-electron chi connectivity index (χ1n) is 8.07. The van der Waals surface area contributed by atoms with Crippen LogP contribution in [0.1, 0.15) is 39.0 Å². The maximum Gasteiger partial charge on any atom is 0.403 e. The highest BCUT2D eigenvalue weighted by atomic mass is 19.4. The molecule has 3 nitrogen and oxygen atoms in total. The molecule has 2 fully saturated rings. The zero-order valence-electron chi connectivity index (χ0n) is 12.8. The van der Waals surface area contributed by atoms with Crippen LogP contribution in [0, 0.1) is 5.92 Å². The van der Waals surface area contributed by atoms with Crippen molar-refractivity contribution in [1.82, 2.24) is 9.80 Å². The van der Waals surface area contributed by atoms with Crippen LogP contribution in [0.4, 0.5) is 13.2 Å². The molecule has 1 aliphatic carbocycles. The van der Waals surface area contributed by atoms with Crippen molar-refractivity contribution in [3.05, 3.63) is 0 Å². The van der Waals surface area contributed by atoms with Gasteiger partial charge >= 0.3 is 6.18 Å². The summed E-state index contributed by atoms with van der Waals surface area (Å²) < 4.78 is 38.0. The molecule has 1 N–H and O–H groups in total. The lowest BCUT2D eigenvalue weighted by Gasteiger charge is -2.39. The molecule has 2 atom stereocenters. The van der Waals surface area contributed by atoms with Gasteiger partial charge in [-0.2, -0.15) is 13.2 Å². The van der Waals surface area contributed by atoms with Crippen molar-refractivity contribution >= 4 is 0 Å². The van der Waals surface area contributed by atoms with Gasteiger partial charge in [0.2, 0.25) is 0 Å². The van der Waals surface area contributed by atoms with Gasteiger partial charge in [-0.05, 0) is 19.3 Å². The van der Waals surface area contributed by atoms with Crippen molar-refractivity contribution in [3.63, 3.8) is 0 Å².